The summed E-state index contributed by atoms with van der Waals surface area (Å²) in [6.45, 7) is 0. The number of anilines is 3. The van der Waals surface area contributed by atoms with Gasteiger partial charge in [0.25, 0.3) is 0 Å². The summed E-state index contributed by atoms with van der Waals surface area (Å²) in [4.78, 5) is 2.40. The summed E-state index contributed by atoms with van der Waals surface area (Å²) in [6.07, 6.45) is 7.10. The third kappa shape index (κ3) is 5.73. The zero-order valence-corrected chi connectivity index (χ0v) is 37.0. The molecule has 5 aliphatic rings. The first-order valence-electron chi connectivity index (χ1n) is 24.2. The number of para-hydroxylation sites is 1. The quantitative estimate of drug-likeness (QED) is 0.155. The van der Waals surface area contributed by atoms with Crippen molar-refractivity contribution in [3.8, 4) is 50.2 Å². The van der Waals surface area contributed by atoms with Crippen LogP contribution < -0.4 is 4.90 Å². The van der Waals surface area contributed by atoms with Crippen LogP contribution in [0.3, 0.4) is 0 Å². The standard InChI is InChI=1S/C64H50N2/c1-4-12-44(13-5-1)46-20-26-53(27-21-46)65(54-28-22-47(23-29-54)45-14-6-2-7-15-45)55-30-32-58-57-31-24-49(40-62(57)66(63(58)41-55)52-16-8-3-9-17-52)48-25-33-61-59(39-48)56-18-10-11-19-60(56)64(61)50-35-42-34-43(37-50)38-51(64)36-42/h1-33,39-43,50-51H,34-38H2. The maximum atomic E-state index is 2.56. The van der Waals surface area contributed by atoms with Crippen molar-refractivity contribution in [3.05, 3.63) is 230 Å². The Morgan fingerprint density at radius 3 is 1.42 bits per heavy atom. The summed E-state index contributed by atoms with van der Waals surface area (Å²) in [5.41, 5.74) is 20.6. The molecule has 4 fully saturated rings. The summed E-state index contributed by atoms with van der Waals surface area (Å²) in [5, 5.41) is 2.50. The molecule has 5 aliphatic carbocycles. The van der Waals surface area contributed by atoms with E-state index in [9.17, 15) is 0 Å². The normalized spacial score (nSPS) is 21.1. The predicted molar refractivity (Wildman–Crippen MR) is 275 cm³/mol. The molecule has 0 aliphatic heterocycles. The Bertz CT molecular complexity index is 3340. The highest BCUT2D eigenvalue weighted by Gasteiger charge is 2.61. The van der Waals surface area contributed by atoms with Crippen molar-refractivity contribution in [2.24, 2.45) is 23.7 Å². The number of fused-ring (bicyclic) bond motifs is 6. The molecular formula is C64H50N2. The van der Waals surface area contributed by atoms with Gasteiger partial charge in [-0.3, -0.25) is 0 Å². The molecule has 0 N–H and O–H groups in total. The van der Waals surface area contributed by atoms with E-state index in [2.05, 4.69) is 228 Å². The Balaban J connectivity index is 0.911. The van der Waals surface area contributed by atoms with E-state index in [-0.39, 0.29) is 5.41 Å². The van der Waals surface area contributed by atoms with Crippen molar-refractivity contribution in [2.45, 2.75) is 37.5 Å². The lowest BCUT2D eigenvalue weighted by Gasteiger charge is -2.61. The van der Waals surface area contributed by atoms with Crippen LogP contribution in [0.25, 0.3) is 72.0 Å². The summed E-state index contributed by atoms with van der Waals surface area (Å²) in [5.74, 6) is 3.41. The van der Waals surface area contributed by atoms with Gasteiger partial charge in [0.05, 0.1) is 11.0 Å². The second-order valence-corrected chi connectivity index (χ2v) is 19.7. The number of hydrogen-bond donors (Lipinski definition) is 0. The lowest BCUT2D eigenvalue weighted by atomic mass is 9.43. The Morgan fingerprint density at radius 2 is 0.803 bits per heavy atom. The van der Waals surface area contributed by atoms with Crippen LogP contribution in [0.2, 0.25) is 0 Å². The Labute approximate surface area is 387 Å². The van der Waals surface area contributed by atoms with Crippen LogP contribution in [0.5, 0.6) is 0 Å². The molecule has 1 heterocycles. The Hall–Kier alpha value is -7.42. The van der Waals surface area contributed by atoms with E-state index in [1.54, 1.807) is 11.1 Å². The first-order valence-corrected chi connectivity index (χ1v) is 24.2. The molecule has 9 aromatic carbocycles. The minimum Gasteiger partial charge on any atom is -0.310 e. The molecule has 15 rings (SSSR count). The van der Waals surface area contributed by atoms with E-state index < -0.39 is 0 Å². The first-order chi connectivity index (χ1) is 32.7. The zero-order valence-electron chi connectivity index (χ0n) is 37.0. The molecule has 2 nitrogen and oxygen atoms in total. The lowest BCUT2D eigenvalue weighted by Crippen LogP contribution is -2.55. The van der Waals surface area contributed by atoms with Crippen molar-refractivity contribution in [1.82, 2.24) is 4.57 Å². The van der Waals surface area contributed by atoms with Gasteiger partial charge in [-0.2, -0.15) is 0 Å². The van der Waals surface area contributed by atoms with Gasteiger partial charge in [0.2, 0.25) is 0 Å². The molecule has 10 aromatic rings. The number of benzene rings is 9. The second kappa shape index (κ2) is 14.8. The SMILES string of the molecule is c1ccc(-c2ccc(N(c3ccc(-c4ccccc4)cc3)c3ccc4c5ccc(-c6ccc7c(c6)-c6ccccc6C76C7CC8CC(C7)CC6C8)cc5n(-c5ccccc5)c4c3)cc2)cc1. The summed E-state index contributed by atoms with van der Waals surface area (Å²) in [7, 11) is 0. The second-order valence-electron chi connectivity index (χ2n) is 19.7. The fourth-order valence-corrected chi connectivity index (χ4v) is 13.8. The molecule has 1 aromatic heterocycles. The molecule has 0 radical (unpaired) electrons. The number of nitrogens with zero attached hydrogens (tertiary/aromatic N) is 2. The molecule has 2 heteroatoms. The zero-order chi connectivity index (χ0) is 43.3. The van der Waals surface area contributed by atoms with Gasteiger partial charge in [0.1, 0.15) is 0 Å². The molecule has 66 heavy (non-hydrogen) atoms. The van der Waals surface area contributed by atoms with Gasteiger partial charge >= 0.3 is 0 Å². The van der Waals surface area contributed by atoms with Crippen LogP contribution in [0.1, 0.15) is 43.2 Å². The predicted octanol–water partition coefficient (Wildman–Crippen LogP) is 17.0. The fraction of sp³-hybridized carbons (Fsp3) is 0.156. The average Bonchev–Trinajstić information content (AvgIpc) is 3.86. The van der Waals surface area contributed by atoms with Crippen molar-refractivity contribution in [3.63, 3.8) is 0 Å². The molecule has 1 spiro atoms. The summed E-state index contributed by atoms with van der Waals surface area (Å²) < 4.78 is 2.49. The molecule has 0 atom stereocenters. The Morgan fingerprint density at radius 1 is 0.348 bits per heavy atom. The number of rotatable bonds is 7. The highest BCUT2D eigenvalue weighted by Crippen LogP contribution is 2.69. The van der Waals surface area contributed by atoms with Gasteiger partial charge < -0.3 is 9.47 Å². The van der Waals surface area contributed by atoms with Gasteiger partial charge in [0, 0.05) is 38.9 Å². The fourth-order valence-electron chi connectivity index (χ4n) is 13.8. The third-order valence-electron chi connectivity index (χ3n) is 16.4. The maximum absolute atomic E-state index is 2.56. The summed E-state index contributed by atoms with van der Waals surface area (Å²) >= 11 is 0. The molecule has 4 bridgehead atoms. The van der Waals surface area contributed by atoms with Gasteiger partial charge in [-0.25, -0.2) is 0 Å². The smallest absolute Gasteiger partial charge is 0.0561 e. The van der Waals surface area contributed by atoms with Crippen LogP contribution >= 0.6 is 0 Å². The lowest BCUT2D eigenvalue weighted by molar-refractivity contribution is -0.0399. The van der Waals surface area contributed by atoms with Crippen LogP contribution in [-0.2, 0) is 5.41 Å². The van der Waals surface area contributed by atoms with Crippen LogP contribution in [-0.4, -0.2) is 4.57 Å². The minimum absolute atomic E-state index is 0.182. The summed E-state index contributed by atoms with van der Waals surface area (Å²) in [6, 6.07) is 81.5. The minimum atomic E-state index is 0.182. The van der Waals surface area contributed by atoms with E-state index in [0.29, 0.717) is 0 Å². The first kappa shape index (κ1) is 37.9. The van der Waals surface area contributed by atoms with E-state index in [0.717, 1.165) is 46.4 Å². The van der Waals surface area contributed by atoms with Gasteiger partial charge in [-0.1, -0.05) is 158 Å². The monoisotopic (exact) mass is 846 g/mol. The highest BCUT2D eigenvalue weighted by atomic mass is 15.1. The average molecular weight is 847 g/mol. The molecule has 0 amide bonds. The van der Waals surface area contributed by atoms with Crippen molar-refractivity contribution in [2.75, 3.05) is 4.90 Å². The van der Waals surface area contributed by atoms with Crippen LogP contribution in [0, 0.1) is 23.7 Å². The van der Waals surface area contributed by atoms with Crippen molar-refractivity contribution in [1.29, 1.82) is 0 Å². The van der Waals surface area contributed by atoms with Gasteiger partial charge in [-0.05, 0) is 172 Å². The van der Waals surface area contributed by atoms with E-state index in [1.165, 1.54) is 98.4 Å². The van der Waals surface area contributed by atoms with Crippen molar-refractivity contribution >= 4 is 38.9 Å². The van der Waals surface area contributed by atoms with E-state index in [1.807, 2.05) is 0 Å². The number of hydrogen-bond acceptors (Lipinski definition) is 1. The van der Waals surface area contributed by atoms with Crippen LogP contribution in [0.4, 0.5) is 17.1 Å². The van der Waals surface area contributed by atoms with E-state index in [4.69, 9.17) is 0 Å². The molecule has 0 unspecified atom stereocenters. The van der Waals surface area contributed by atoms with Crippen molar-refractivity contribution < 1.29 is 0 Å². The largest absolute Gasteiger partial charge is 0.310 e. The number of aromatic nitrogens is 1. The molecule has 316 valence electrons. The van der Waals surface area contributed by atoms with Gasteiger partial charge in [0.15, 0.2) is 0 Å². The topological polar surface area (TPSA) is 8.17 Å². The molecule has 4 saturated carbocycles. The highest BCUT2D eigenvalue weighted by molar-refractivity contribution is 6.11. The third-order valence-corrected chi connectivity index (χ3v) is 16.4. The van der Waals surface area contributed by atoms with E-state index >= 15 is 0 Å². The maximum Gasteiger partial charge on any atom is 0.0561 e. The Kier molecular flexibility index (Phi) is 8.50. The van der Waals surface area contributed by atoms with Gasteiger partial charge in [-0.15, -0.1) is 0 Å². The van der Waals surface area contributed by atoms with Crippen LogP contribution in [0.15, 0.2) is 218 Å². The molecular weight excluding hydrogens is 797 g/mol. The molecule has 0 saturated heterocycles.